The van der Waals surface area contributed by atoms with Gasteiger partial charge in [-0.25, -0.2) is 0 Å². The number of aryl methyl sites for hydroxylation is 1. The van der Waals surface area contributed by atoms with Gasteiger partial charge in [-0.15, -0.1) is 0 Å². The average Bonchev–Trinajstić information content (AvgIpc) is 2.51. The molecule has 2 aliphatic carbocycles. The molecule has 1 aromatic heterocycles. The molecule has 144 valence electrons. The lowest BCUT2D eigenvalue weighted by Crippen LogP contribution is -2.68. The summed E-state index contributed by atoms with van der Waals surface area (Å²) in [5.74, 6) is 1.06. The summed E-state index contributed by atoms with van der Waals surface area (Å²) in [4.78, 5) is 12.5. The van der Waals surface area contributed by atoms with Crippen molar-refractivity contribution in [2.24, 2.45) is 22.7 Å². The standard InChI is InChI=1S/C21H30O5/c1-11-8-13(22)12-9-15-20(4,26-18(12)25-11)7-6-14-19(2,3)16(23)10-17(24)21(14,15)5/h8,14-17,23-24H,6-7,9-10H2,1-5H3/t14-,15+,16-,17+,20-,21+/m1/s1. The zero-order chi connectivity index (χ0) is 19.1. The van der Waals surface area contributed by atoms with Gasteiger partial charge in [-0.3, -0.25) is 4.79 Å². The highest BCUT2D eigenvalue weighted by Crippen LogP contribution is 2.64. The van der Waals surface area contributed by atoms with E-state index < -0.39 is 23.2 Å². The Kier molecular flexibility index (Phi) is 3.72. The van der Waals surface area contributed by atoms with E-state index in [1.54, 1.807) is 6.92 Å². The molecule has 0 radical (unpaired) electrons. The fourth-order valence-corrected chi connectivity index (χ4v) is 6.31. The summed E-state index contributed by atoms with van der Waals surface area (Å²) in [5, 5.41) is 21.7. The van der Waals surface area contributed by atoms with Crippen LogP contribution in [0, 0.1) is 29.6 Å². The maximum Gasteiger partial charge on any atom is 0.292 e. The minimum Gasteiger partial charge on any atom is -0.458 e. The van der Waals surface area contributed by atoms with Crippen molar-refractivity contribution in [2.45, 2.75) is 78.1 Å². The molecule has 0 spiro atoms. The van der Waals surface area contributed by atoms with Crippen LogP contribution in [0.3, 0.4) is 0 Å². The molecular formula is C21H30O5. The smallest absolute Gasteiger partial charge is 0.292 e. The molecule has 5 heteroatoms. The normalized spacial score (nSPS) is 43.7. The predicted molar refractivity (Wildman–Crippen MR) is 97.2 cm³/mol. The lowest BCUT2D eigenvalue weighted by atomic mass is 9.43. The number of rotatable bonds is 0. The molecular weight excluding hydrogens is 332 g/mol. The van der Waals surface area contributed by atoms with Crippen molar-refractivity contribution in [1.29, 1.82) is 0 Å². The molecule has 1 aliphatic heterocycles. The first-order valence-electron chi connectivity index (χ1n) is 9.69. The molecule has 2 fully saturated rings. The monoisotopic (exact) mass is 362 g/mol. The first-order valence-corrected chi connectivity index (χ1v) is 9.69. The SMILES string of the molecule is Cc1cc(=O)c2c(o1)O[C@]1(C)CC[C@@H]3C(C)(C)[C@H](O)C[C@H](O)[C@]3(C)[C@H]1C2. The van der Waals surface area contributed by atoms with E-state index in [4.69, 9.17) is 9.15 Å². The summed E-state index contributed by atoms with van der Waals surface area (Å²) < 4.78 is 12.0. The summed E-state index contributed by atoms with van der Waals surface area (Å²) in [5.41, 5.74) is -0.670. The fraction of sp³-hybridized carbons (Fsp3) is 0.762. The molecule has 0 bridgehead atoms. The third-order valence-corrected chi connectivity index (χ3v) is 7.96. The number of aliphatic hydroxyl groups is 2. The van der Waals surface area contributed by atoms with Gasteiger partial charge in [0, 0.05) is 23.8 Å². The molecule has 2 saturated carbocycles. The second kappa shape index (κ2) is 5.35. The van der Waals surface area contributed by atoms with E-state index in [1.807, 2.05) is 0 Å². The van der Waals surface area contributed by atoms with Crippen LogP contribution in [0.15, 0.2) is 15.3 Å². The molecule has 6 atom stereocenters. The van der Waals surface area contributed by atoms with E-state index >= 15 is 0 Å². The van der Waals surface area contributed by atoms with Crippen molar-refractivity contribution < 1.29 is 19.4 Å². The molecule has 0 unspecified atom stereocenters. The van der Waals surface area contributed by atoms with Gasteiger partial charge in [0.2, 0.25) is 0 Å². The summed E-state index contributed by atoms with van der Waals surface area (Å²) >= 11 is 0. The highest BCUT2D eigenvalue weighted by molar-refractivity contribution is 5.31. The Balaban J connectivity index is 1.84. The van der Waals surface area contributed by atoms with Crippen LogP contribution in [-0.4, -0.2) is 28.0 Å². The summed E-state index contributed by atoms with van der Waals surface area (Å²) in [6, 6.07) is 1.51. The van der Waals surface area contributed by atoms with Crippen molar-refractivity contribution in [2.75, 3.05) is 0 Å². The Bertz CT molecular complexity index is 796. The minimum absolute atomic E-state index is 0.00590. The van der Waals surface area contributed by atoms with Crippen LogP contribution in [0.5, 0.6) is 5.95 Å². The summed E-state index contributed by atoms with van der Waals surface area (Å²) in [6.45, 7) is 10.2. The van der Waals surface area contributed by atoms with Gasteiger partial charge in [0.15, 0.2) is 5.43 Å². The third-order valence-electron chi connectivity index (χ3n) is 7.96. The van der Waals surface area contributed by atoms with Crippen molar-refractivity contribution >= 4 is 0 Å². The van der Waals surface area contributed by atoms with E-state index in [0.717, 1.165) is 12.8 Å². The molecule has 1 aromatic rings. The minimum atomic E-state index is -0.622. The van der Waals surface area contributed by atoms with Crippen LogP contribution < -0.4 is 10.2 Å². The van der Waals surface area contributed by atoms with Crippen LogP contribution in [0.4, 0.5) is 0 Å². The number of hydrogen-bond donors (Lipinski definition) is 2. The lowest BCUT2D eigenvalue weighted by Gasteiger charge is -2.65. The van der Waals surface area contributed by atoms with Gasteiger partial charge < -0.3 is 19.4 Å². The molecule has 2 N–H and O–H groups in total. The second-order valence-electron chi connectivity index (χ2n) is 9.70. The van der Waals surface area contributed by atoms with Crippen molar-refractivity contribution in [3.8, 4) is 5.95 Å². The van der Waals surface area contributed by atoms with Gasteiger partial charge in [0.25, 0.3) is 5.95 Å². The molecule has 5 nitrogen and oxygen atoms in total. The van der Waals surface area contributed by atoms with Gasteiger partial charge >= 0.3 is 0 Å². The molecule has 26 heavy (non-hydrogen) atoms. The largest absolute Gasteiger partial charge is 0.458 e. The number of aliphatic hydroxyl groups excluding tert-OH is 2. The molecule has 0 amide bonds. The zero-order valence-electron chi connectivity index (χ0n) is 16.3. The Morgan fingerprint density at radius 2 is 1.81 bits per heavy atom. The van der Waals surface area contributed by atoms with Crippen molar-refractivity contribution in [1.82, 2.24) is 0 Å². The number of fused-ring (bicyclic) bond motifs is 4. The van der Waals surface area contributed by atoms with Crippen LogP contribution in [-0.2, 0) is 6.42 Å². The van der Waals surface area contributed by atoms with Gasteiger partial charge in [0.1, 0.15) is 11.4 Å². The highest BCUT2D eigenvalue weighted by atomic mass is 16.6. The van der Waals surface area contributed by atoms with Crippen molar-refractivity contribution in [3.63, 3.8) is 0 Å². The summed E-state index contributed by atoms with van der Waals surface area (Å²) in [7, 11) is 0. The molecule has 4 rings (SSSR count). The van der Waals surface area contributed by atoms with Gasteiger partial charge in [0.05, 0.1) is 17.8 Å². The lowest BCUT2D eigenvalue weighted by molar-refractivity contribution is -0.238. The molecule has 0 aromatic carbocycles. The van der Waals surface area contributed by atoms with Gasteiger partial charge in [-0.05, 0) is 44.4 Å². The average molecular weight is 362 g/mol. The van der Waals surface area contributed by atoms with Gasteiger partial charge in [-0.2, -0.15) is 0 Å². The first kappa shape index (κ1) is 18.1. The maximum atomic E-state index is 12.5. The Hall–Kier alpha value is -1.33. The molecule has 0 saturated heterocycles. The predicted octanol–water partition coefficient (Wildman–Crippen LogP) is 2.83. The fourth-order valence-electron chi connectivity index (χ4n) is 6.31. The third kappa shape index (κ3) is 2.19. The van der Waals surface area contributed by atoms with E-state index in [-0.39, 0.29) is 22.7 Å². The molecule has 2 heterocycles. The second-order valence-corrected chi connectivity index (χ2v) is 9.70. The highest BCUT2D eigenvalue weighted by Gasteiger charge is 2.66. The van der Waals surface area contributed by atoms with E-state index in [2.05, 4.69) is 27.7 Å². The van der Waals surface area contributed by atoms with Crippen LogP contribution in [0.25, 0.3) is 0 Å². The maximum absolute atomic E-state index is 12.5. The Labute approximate surface area is 154 Å². The zero-order valence-corrected chi connectivity index (χ0v) is 16.3. The van der Waals surface area contributed by atoms with Crippen LogP contribution >= 0.6 is 0 Å². The van der Waals surface area contributed by atoms with Gasteiger partial charge in [-0.1, -0.05) is 20.8 Å². The Morgan fingerprint density at radius 3 is 2.50 bits per heavy atom. The van der Waals surface area contributed by atoms with E-state index in [0.29, 0.717) is 30.1 Å². The number of hydrogen-bond acceptors (Lipinski definition) is 5. The Morgan fingerprint density at radius 1 is 1.12 bits per heavy atom. The quantitative estimate of drug-likeness (QED) is 0.742. The van der Waals surface area contributed by atoms with Crippen molar-refractivity contribution in [3.05, 3.63) is 27.6 Å². The summed E-state index contributed by atoms with van der Waals surface area (Å²) in [6.07, 6.45) is 1.45. The van der Waals surface area contributed by atoms with Crippen LogP contribution in [0.1, 0.15) is 58.3 Å². The van der Waals surface area contributed by atoms with E-state index in [9.17, 15) is 15.0 Å². The molecule has 3 aliphatic rings. The van der Waals surface area contributed by atoms with E-state index in [1.165, 1.54) is 6.07 Å². The topological polar surface area (TPSA) is 79.9 Å². The first-order chi connectivity index (χ1) is 12.0. The number of ether oxygens (including phenoxy) is 1. The van der Waals surface area contributed by atoms with Crippen LogP contribution in [0.2, 0.25) is 0 Å².